The van der Waals surface area contributed by atoms with Crippen molar-refractivity contribution in [3.05, 3.63) is 35.9 Å². The van der Waals surface area contributed by atoms with Gasteiger partial charge >= 0.3 is 6.09 Å². The van der Waals surface area contributed by atoms with Crippen LogP contribution in [0.2, 0.25) is 0 Å². The van der Waals surface area contributed by atoms with Crippen LogP contribution in [0.5, 0.6) is 0 Å². The van der Waals surface area contributed by atoms with Crippen LogP contribution < -0.4 is 11.1 Å². The van der Waals surface area contributed by atoms with E-state index in [9.17, 15) is 9.59 Å². The number of ether oxygens (including phenoxy) is 1. The highest BCUT2D eigenvalue weighted by atomic mass is 16.5. The summed E-state index contributed by atoms with van der Waals surface area (Å²) in [4.78, 5) is 22.1. The maximum absolute atomic E-state index is 11.5. The summed E-state index contributed by atoms with van der Waals surface area (Å²) in [6.45, 7) is 0.967. The SMILES string of the molecule is NC(=O)CCCCCCCCCCNC(=O)OCc1ccccc1. The Kier molecular flexibility index (Phi) is 11.2. The lowest BCUT2D eigenvalue weighted by Gasteiger charge is -2.07. The number of nitrogens with two attached hydrogens (primary N) is 1. The standard InChI is InChI=1S/C19H30N2O3/c20-18(22)14-10-5-3-1-2-4-6-11-15-21-19(23)24-16-17-12-8-7-9-13-17/h7-9,12-13H,1-6,10-11,14-16H2,(H2,20,22)(H,21,23). The van der Waals surface area contributed by atoms with Crippen LogP contribution in [0.4, 0.5) is 4.79 Å². The highest BCUT2D eigenvalue weighted by Crippen LogP contribution is 2.09. The number of carbonyl (C=O) groups is 2. The van der Waals surface area contributed by atoms with Crippen LogP contribution in [0.1, 0.15) is 63.4 Å². The minimum absolute atomic E-state index is 0.204. The lowest BCUT2D eigenvalue weighted by molar-refractivity contribution is -0.118. The number of rotatable bonds is 13. The molecule has 0 aromatic heterocycles. The maximum atomic E-state index is 11.5. The summed E-state index contributed by atoms with van der Waals surface area (Å²) in [5.41, 5.74) is 6.08. The highest BCUT2D eigenvalue weighted by Gasteiger charge is 2.01. The van der Waals surface area contributed by atoms with Gasteiger partial charge in [0.2, 0.25) is 5.91 Å². The van der Waals surface area contributed by atoms with Crippen molar-refractivity contribution < 1.29 is 14.3 Å². The smallest absolute Gasteiger partial charge is 0.407 e. The molecule has 24 heavy (non-hydrogen) atoms. The molecule has 0 fully saturated rings. The summed E-state index contributed by atoms with van der Waals surface area (Å²) in [6, 6.07) is 9.65. The molecule has 0 aliphatic carbocycles. The molecule has 0 radical (unpaired) electrons. The zero-order valence-electron chi connectivity index (χ0n) is 14.5. The van der Waals surface area contributed by atoms with Gasteiger partial charge in [0.1, 0.15) is 6.61 Å². The minimum Gasteiger partial charge on any atom is -0.445 e. The van der Waals surface area contributed by atoms with Crippen LogP contribution >= 0.6 is 0 Å². The van der Waals surface area contributed by atoms with Crippen LogP contribution in [-0.2, 0) is 16.1 Å². The third-order valence-corrected chi connectivity index (χ3v) is 3.83. The number of nitrogens with one attached hydrogen (secondary N) is 1. The van der Waals surface area contributed by atoms with E-state index in [1.54, 1.807) is 0 Å². The first kappa shape index (κ1) is 20.0. The van der Waals surface area contributed by atoms with E-state index in [0.29, 0.717) is 19.6 Å². The van der Waals surface area contributed by atoms with Crippen molar-refractivity contribution in [1.29, 1.82) is 0 Å². The first-order chi connectivity index (χ1) is 11.7. The Bertz CT molecular complexity index is 463. The first-order valence-electron chi connectivity index (χ1n) is 8.91. The molecule has 0 heterocycles. The zero-order chi connectivity index (χ0) is 17.5. The van der Waals surface area contributed by atoms with Gasteiger partial charge in [0, 0.05) is 13.0 Å². The van der Waals surface area contributed by atoms with Crippen molar-refractivity contribution in [2.75, 3.05) is 6.54 Å². The number of unbranched alkanes of at least 4 members (excludes halogenated alkanes) is 7. The molecule has 0 unspecified atom stereocenters. The quantitative estimate of drug-likeness (QED) is 0.537. The van der Waals surface area contributed by atoms with Gasteiger partial charge in [0.15, 0.2) is 0 Å². The molecular formula is C19H30N2O3. The van der Waals surface area contributed by atoms with Gasteiger partial charge in [-0.2, -0.15) is 0 Å². The Morgan fingerprint density at radius 1 is 0.875 bits per heavy atom. The van der Waals surface area contributed by atoms with Gasteiger partial charge in [-0.25, -0.2) is 4.79 Å². The average Bonchev–Trinajstić information content (AvgIpc) is 2.58. The summed E-state index contributed by atoms with van der Waals surface area (Å²) in [5.74, 6) is -0.204. The Morgan fingerprint density at radius 2 is 1.46 bits per heavy atom. The monoisotopic (exact) mass is 334 g/mol. The highest BCUT2D eigenvalue weighted by molar-refractivity contribution is 5.73. The topological polar surface area (TPSA) is 81.4 Å². The molecule has 0 aliphatic heterocycles. The van der Waals surface area contributed by atoms with E-state index in [0.717, 1.165) is 37.7 Å². The fourth-order valence-corrected chi connectivity index (χ4v) is 2.45. The molecule has 0 atom stereocenters. The predicted octanol–water partition coefficient (Wildman–Crippen LogP) is 3.91. The van der Waals surface area contributed by atoms with E-state index in [2.05, 4.69) is 5.32 Å². The molecule has 1 rings (SSSR count). The fourth-order valence-electron chi connectivity index (χ4n) is 2.45. The molecule has 0 bridgehead atoms. The molecule has 134 valence electrons. The van der Waals surface area contributed by atoms with Gasteiger partial charge in [-0.3, -0.25) is 4.79 Å². The molecule has 5 heteroatoms. The molecule has 0 spiro atoms. The van der Waals surface area contributed by atoms with Crippen molar-refractivity contribution >= 4 is 12.0 Å². The van der Waals surface area contributed by atoms with Gasteiger partial charge in [0.25, 0.3) is 0 Å². The Labute approximate surface area is 145 Å². The number of benzene rings is 1. The number of amides is 2. The van der Waals surface area contributed by atoms with E-state index < -0.39 is 0 Å². The molecule has 3 N–H and O–H groups in total. The number of alkyl carbamates (subject to hydrolysis) is 1. The second kappa shape index (κ2) is 13.4. The summed E-state index contributed by atoms with van der Waals surface area (Å²) in [6.07, 6.45) is 8.97. The zero-order valence-corrected chi connectivity index (χ0v) is 14.5. The van der Waals surface area contributed by atoms with Crippen LogP contribution in [-0.4, -0.2) is 18.5 Å². The van der Waals surface area contributed by atoms with Crippen molar-refractivity contribution in [2.24, 2.45) is 5.73 Å². The number of carbonyl (C=O) groups excluding carboxylic acids is 2. The Balaban J connectivity index is 1.84. The lowest BCUT2D eigenvalue weighted by Crippen LogP contribution is -2.25. The Morgan fingerprint density at radius 3 is 2.08 bits per heavy atom. The van der Waals surface area contributed by atoms with E-state index >= 15 is 0 Å². The van der Waals surface area contributed by atoms with Crippen molar-refractivity contribution in [3.8, 4) is 0 Å². The van der Waals surface area contributed by atoms with E-state index in [4.69, 9.17) is 10.5 Å². The normalized spacial score (nSPS) is 10.3. The number of hydrogen-bond donors (Lipinski definition) is 2. The average molecular weight is 334 g/mol. The largest absolute Gasteiger partial charge is 0.445 e. The van der Waals surface area contributed by atoms with E-state index in [1.807, 2.05) is 30.3 Å². The molecule has 5 nitrogen and oxygen atoms in total. The molecule has 0 saturated carbocycles. The number of hydrogen-bond acceptors (Lipinski definition) is 3. The fraction of sp³-hybridized carbons (Fsp3) is 0.579. The third kappa shape index (κ3) is 11.5. The van der Waals surface area contributed by atoms with Crippen molar-refractivity contribution in [1.82, 2.24) is 5.32 Å². The number of primary amides is 1. The molecule has 1 aromatic rings. The van der Waals surface area contributed by atoms with Crippen LogP contribution in [0.3, 0.4) is 0 Å². The Hall–Kier alpha value is -2.04. The summed E-state index contributed by atoms with van der Waals surface area (Å²) in [7, 11) is 0. The molecule has 0 aliphatic rings. The van der Waals surface area contributed by atoms with E-state index in [1.165, 1.54) is 19.3 Å². The summed E-state index contributed by atoms with van der Waals surface area (Å²) < 4.78 is 5.14. The van der Waals surface area contributed by atoms with Gasteiger partial charge in [-0.15, -0.1) is 0 Å². The first-order valence-corrected chi connectivity index (χ1v) is 8.91. The summed E-state index contributed by atoms with van der Waals surface area (Å²) >= 11 is 0. The van der Waals surface area contributed by atoms with Gasteiger partial charge < -0.3 is 15.8 Å². The van der Waals surface area contributed by atoms with Gasteiger partial charge in [0.05, 0.1) is 0 Å². The third-order valence-electron chi connectivity index (χ3n) is 3.83. The molecule has 0 saturated heterocycles. The molecular weight excluding hydrogens is 304 g/mol. The second-order valence-corrected chi connectivity index (χ2v) is 6.03. The minimum atomic E-state index is -0.353. The van der Waals surface area contributed by atoms with Crippen LogP contribution in [0.15, 0.2) is 30.3 Å². The molecule has 1 aromatic carbocycles. The van der Waals surface area contributed by atoms with Crippen molar-refractivity contribution in [2.45, 2.75) is 64.4 Å². The maximum Gasteiger partial charge on any atom is 0.407 e. The lowest BCUT2D eigenvalue weighted by atomic mass is 10.1. The molecule has 2 amide bonds. The van der Waals surface area contributed by atoms with Crippen LogP contribution in [0, 0.1) is 0 Å². The predicted molar refractivity (Wildman–Crippen MR) is 95.4 cm³/mol. The van der Waals surface area contributed by atoms with E-state index in [-0.39, 0.29) is 12.0 Å². The second-order valence-electron chi connectivity index (χ2n) is 6.03. The van der Waals surface area contributed by atoms with Crippen LogP contribution in [0.25, 0.3) is 0 Å². The van der Waals surface area contributed by atoms with Gasteiger partial charge in [-0.1, -0.05) is 68.9 Å². The summed E-state index contributed by atoms with van der Waals surface area (Å²) in [5, 5.41) is 2.78. The van der Waals surface area contributed by atoms with Crippen molar-refractivity contribution in [3.63, 3.8) is 0 Å². The van der Waals surface area contributed by atoms with Gasteiger partial charge in [-0.05, 0) is 18.4 Å².